The Hall–Kier alpha value is -2.23. The molecule has 0 saturated heterocycles. The van der Waals surface area contributed by atoms with Crippen molar-refractivity contribution in [2.45, 2.75) is 0 Å². The summed E-state index contributed by atoms with van der Waals surface area (Å²) >= 11 is 0. The first-order valence-corrected chi connectivity index (χ1v) is 4.56. The lowest BCUT2D eigenvalue weighted by Gasteiger charge is -1.87. The molecule has 0 bridgehead atoms. The zero-order chi connectivity index (χ0) is 10.3. The van der Waals surface area contributed by atoms with Gasteiger partial charge in [0.1, 0.15) is 12.2 Å². The van der Waals surface area contributed by atoms with Crippen LogP contribution in [0.4, 0.5) is 0 Å². The van der Waals surface area contributed by atoms with E-state index in [-0.39, 0.29) is 0 Å². The van der Waals surface area contributed by atoms with Crippen molar-refractivity contribution >= 4 is 12.2 Å². The molecule has 0 spiro atoms. The van der Waals surface area contributed by atoms with E-state index in [2.05, 4.69) is 20.2 Å². The molecule has 74 valence electrons. The van der Waals surface area contributed by atoms with Gasteiger partial charge in [-0.1, -0.05) is 18.2 Å². The first-order valence-electron chi connectivity index (χ1n) is 4.56. The van der Waals surface area contributed by atoms with E-state index in [0.29, 0.717) is 0 Å². The van der Waals surface area contributed by atoms with E-state index in [1.807, 2.05) is 42.5 Å². The number of allylic oxidation sites excluding steroid dienone is 2. The summed E-state index contributed by atoms with van der Waals surface area (Å²) in [6.45, 7) is 0. The number of hydrogen-bond acceptors (Lipinski definition) is 3. The number of nitrogens with one attached hydrogen (secondary N) is 1. The maximum absolute atomic E-state index is 4.16. The van der Waals surface area contributed by atoms with Crippen LogP contribution in [0.2, 0.25) is 0 Å². The summed E-state index contributed by atoms with van der Waals surface area (Å²) in [4.78, 5) is 8.11. The number of H-pyrrole nitrogens is 1. The predicted octanol–water partition coefficient (Wildman–Crippen LogP) is 1.93. The van der Waals surface area contributed by atoms with E-state index < -0.39 is 0 Å². The van der Waals surface area contributed by atoms with Crippen molar-refractivity contribution in [2.24, 2.45) is 0 Å². The van der Waals surface area contributed by atoms with Crippen molar-refractivity contribution in [3.8, 4) is 0 Å². The zero-order valence-corrected chi connectivity index (χ0v) is 8.04. The fraction of sp³-hybridized carbons (Fsp3) is 0. The van der Waals surface area contributed by atoms with Crippen LogP contribution in [0.15, 0.2) is 42.9 Å². The van der Waals surface area contributed by atoms with E-state index in [4.69, 9.17) is 0 Å². The average Bonchev–Trinajstić information content (AvgIpc) is 2.79. The molecule has 2 aromatic rings. The number of pyridine rings is 1. The Balaban J connectivity index is 1.96. The highest BCUT2D eigenvalue weighted by atomic mass is 15.2. The highest BCUT2D eigenvalue weighted by Gasteiger charge is 1.84. The van der Waals surface area contributed by atoms with Gasteiger partial charge in [-0.05, 0) is 24.3 Å². The third-order valence-electron chi connectivity index (χ3n) is 1.75. The molecule has 0 fully saturated rings. The van der Waals surface area contributed by atoms with Crippen LogP contribution >= 0.6 is 0 Å². The number of nitrogens with zero attached hydrogens (tertiary/aromatic N) is 3. The lowest BCUT2D eigenvalue weighted by atomic mass is 10.3. The van der Waals surface area contributed by atoms with Gasteiger partial charge >= 0.3 is 0 Å². The van der Waals surface area contributed by atoms with Crippen LogP contribution in [0, 0.1) is 0 Å². The highest BCUT2D eigenvalue weighted by Crippen LogP contribution is 1.97. The van der Waals surface area contributed by atoms with E-state index in [1.165, 1.54) is 6.33 Å². The molecular formula is C11H10N4. The molecule has 1 N–H and O–H groups in total. The normalized spacial score (nSPS) is 11.5. The molecule has 2 heterocycles. The highest BCUT2D eigenvalue weighted by molar-refractivity contribution is 5.51. The van der Waals surface area contributed by atoms with Crippen molar-refractivity contribution in [2.75, 3.05) is 0 Å². The molecule has 0 aromatic carbocycles. The van der Waals surface area contributed by atoms with Gasteiger partial charge in [-0.3, -0.25) is 10.1 Å². The second-order valence-electron chi connectivity index (χ2n) is 2.84. The van der Waals surface area contributed by atoms with Gasteiger partial charge in [-0.2, -0.15) is 5.10 Å². The Labute approximate surface area is 87.4 Å². The third-order valence-corrected chi connectivity index (χ3v) is 1.75. The van der Waals surface area contributed by atoms with Gasteiger partial charge in [0, 0.05) is 6.20 Å². The smallest absolute Gasteiger partial charge is 0.148 e. The maximum atomic E-state index is 4.16. The molecule has 4 nitrogen and oxygen atoms in total. The zero-order valence-electron chi connectivity index (χ0n) is 8.04. The minimum absolute atomic E-state index is 0.737. The molecule has 0 aliphatic heterocycles. The second-order valence-corrected chi connectivity index (χ2v) is 2.84. The third kappa shape index (κ3) is 2.87. The molecule has 0 amide bonds. The first-order chi connectivity index (χ1) is 7.45. The number of aromatic nitrogens is 4. The van der Waals surface area contributed by atoms with Gasteiger partial charge in [-0.25, -0.2) is 4.98 Å². The molecule has 0 atom stereocenters. The van der Waals surface area contributed by atoms with Crippen LogP contribution < -0.4 is 0 Å². The quantitative estimate of drug-likeness (QED) is 0.766. The molecule has 0 aliphatic rings. The van der Waals surface area contributed by atoms with Gasteiger partial charge in [0.2, 0.25) is 0 Å². The first kappa shape index (κ1) is 9.33. The molecule has 4 heteroatoms. The van der Waals surface area contributed by atoms with Crippen LogP contribution in [0.3, 0.4) is 0 Å². The Morgan fingerprint density at radius 3 is 2.73 bits per heavy atom. The van der Waals surface area contributed by atoms with Gasteiger partial charge in [0.05, 0.1) is 5.69 Å². The van der Waals surface area contributed by atoms with Crippen molar-refractivity contribution in [3.05, 3.63) is 54.4 Å². The largest absolute Gasteiger partial charge is 0.260 e. The van der Waals surface area contributed by atoms with E-state index in [9.17, 15) is 0 Å². The molecular weight excluding hydrogens is 188 g/mol. The number of hydrogen-bond donors (Lipinski definition) is 1. The SMILES string of the molecule is C(C=Cc1ncn[nH]1)=Cc1ccccn1. The van der Waals surface area contributed by atoms with Crippen LogP contribution in [0.1, 0.15) is 11.5 Å². The topological polar surface area (TPSA) is 54.5 Å². The van der Waals surface area contributed by atoms with E-state index in [1.54, 1.807) is 6.20 Å². The van der Waals surface area contributed by atoms with Gasteiger partial charge in [0.25, 0.3) is 0 Å². The Bertz CT molecular complexity index is 443. The molecule has 0 saturated carbocycles. The summed E-state index contributed by atoms with van der Waals surface area (Å²) in [7, 11) is 0. The minimum atomic E-state index is 0.737. The summed E-state index contributed by atoms with van der Waals surface area (Å²) < 4.78 is 0. The Morgan fingerprint density at radius 2 is 2.00 bits per heavy atom. The lowest BCUT2D eigenvalue weighted by Crippen LogP contribution is -1.75. The standard InChI is InChI=1S/C11H10N4/c1(2-7-11-13-9-14-15-11)5-10-6-3-4-8-12-10/h1-9H,(H,13,14,15). The van der Waals surface area contributed by atoms with Crippen LogP contribution in [0.5, 0.6) is 0 Å². The molecule has 15 heavy (non-hydrogen) atoms. The van der Waals surface area contributed by atoms with Crippen LogP contribution in [-0.4, -0.2) is 20.2 Å². The summed E-state index contributed by atoms with van der Waals surface area (Å²) in [6.07, 6.45) is 10.8. The summed E-state index contributed by atoms with van der Waals surface area (Å²) in [5.74, 6) is 0.737. The van der Waals surface area contributed by atoms with Crippen LogP contribution in [0.25, 0.3) is 12.2 Å². The molecule has 0 aliphatic carbocycles. The fourth-order valence-electron chi connectivity index (χ4n) is 1.07. The van der Waals surface area contributed by atoms with Gasteiger partial charge in [0.15, 0.2) is 0 Å². The fourth-order valence-corrected chi connectivity index (χ4v) is 1.07. The van der Waals surface area contributed by atoms with Gasteiger partial charge in [-0.15, -0.1) is 0 Å². The average molecular weight is 198 g/mol. The Morgan fingerprint density at radius 1 is 1.07 bits per heavy atom. The predicted molar refractivity (Wildman–Crippen MR) is 58.7 cm³/mol. The summed E-state index contributed by atoms with van der Waals surface area (Å²) in [5, 5.41) is 6.47. The molecule has 2 aromatic heterocycles. The van der Waals surface area contributed by atoms with E-state index in [0.717, 1.165) is 11.5 Å². The maximum Gasteiger partial charge on any atom is 0.148 e. The lowest BCUT2D eigenvalue weighted by molar-refractivity contribution is 1.08. The van der Waals surface area contributed by atoms with Crippen molar-refractivity contribution < 1.29 is 0 Å². The van der Waals surface area contributed by atoms with Gasteiger partial charge < -0.3 is 0 Å². The van der Waals surface area contributed by atoms with Crippen LogP contribution in [-0.2, 0) is 0 Å². The summed E-state index contributed by atoms with van der Waals surface area (Å²) in [5.41, 5.74) is 0.930. The number of aromatic amines is 1. The summed E-state index contributed by atoms with van der Waals surface area (Å²) in [6, 6.07) is 5.79. The van der Waals surface area contributed by atoms with Crippen molar-refractivity contribution in [1.29, 1.82) is 0 Å². The molecule has 0 unspecified atom stereocenters. The van der Waals surface area contributed by atoms with E-state index >= 15 is 0 Å². The molecule has 0 radical (unpaired) electrons. The Kier molecular flexibility index (Phi) is 3.02. The monoisotopic (exact) mass is 198 g/mol. The minimum Gasteiger partial charge on any atom is -0.260 e. The van der Waals surface area contributed by atoms with Crippen molar-refractivity contribution in [3.63, 3.8) is 0 Å². The van der Waals surface area contributed by atoms with Crippen molar-refractivity contribution in [1.82, 2.24) is 20.2 Å². The second kappa shape index (κ2) is 4.85. The molecule has 2 rings (SSSR count). The number of rotatable bonds is 3.